The number of aliphatic hydroxyl groups excluding tert-OH is 1. The summed E-state index contributed by atoms with van der Waals surface area (Å²) in [5.74, 6) is -1.35. The van der Waals surface area contributed by atoms with Crippen molar-refractivity contribution in [2.45, 2.75) is 31.9 Å². The monoisotopic (exact) mass is 187 g/mol. The number of hydrogen-bond acceptors (Lipinski definition) is 3. The number of carboxylic acid groups (broad SMARTS) is 1. The summed E-state index contributed by atoms with van der Waals surface area (Å²) in [6.45, 7) is 2.01. The predicted molar refractivity (Wildman–Crippen MR) is 44.1 cm³/mol. The summed E-state index contributed by atoms with van der Waals surface area (Å²) < 4.78 is 0. The average Bonchev–Trinajstić information content (AvgIpc) is 2.45. The van der Waals surface area contributed by atoms with Crippen LogP contribution in [0, 0.1) is 0 Å². The summed E-state index contributed by atoms with van der Waals surface area (Å²) in [5.41, 5.74) is 0. The zero-order chi connectivity index (χ0) is 10.0. The summed E-state index contributed by atoms with van der Waals surface area (Å²) in [7, 11) is 0. The molecule has 1 amide bonds. The van der Waals surface area contributed by atoms with Crippen molar-refractivity contribution < 1.29 is 19.8 Å². The van der Waals surface area contributed by atoms with Gasteiger partial charge in [-0.2, -0.15) is 0 Å². The Bertz CT molecular complexity index is 228. The number of nitrogens with zero attached hydrogens (tertiary/aromatic N) is 1. The van der Waals surface area contributed by atoms with Crippen LogP contribution in [0.25, 0.3) is 0 Å². The minimum absolute atomic E-state index is 0.219. The standard InChI is InChI=1S/C8H13NO4/c1-2-6(11)9-4-3-5(10)7(9)8(12)13/h5,7,10H,2-4H2,1H3,(H,12,13)/t5-,7+/m0/s1. The summed E-state index contributed by atoms with van der Waals surface area (Å²) >= 11 is 0. The molecule has 1 saturated heterocycles. The number of aliphatic carboxylic acids is 1. The number of hydrogen-bond donors (Lipinski definition) is 2. The van der Waals surface area contributed by atoms with Crippen LogP contribution in [-0.2, 0) is 9.59 Å². The molecular weight excluding hydrogens is 174 g/mol. The van der Waals surface area contributed by atoms with E-state index >= 15 is 0 Å². The van der Waals surface area contributed by atoms with Crippen LogP contribution in [-0.4, -0.2) is 45.7 Å². The lowest BCUT2D eigenvalue weighted by Gasteiger charge is -2.21. The molecular formula is C8H13NO4. The van der Waals surface area contributed by atoms with Crippen molar-refractivity contribution in [3.8, 4) is 0 Å². The van der Waals surface area contributed by atoms with Crippen LogP contribution in [0.2, 0.25) is 0 Å². The molecule has 1 aliphatic heterocycles. The second kappa shape index (κ2) is 3.74. The molecule has 2 atom stereocenters. The molecule has 74 valence electrons. The lowest BCUT2D eigenvalue weighted by atomic mass is 10.2. The third kappa shape index (κ3) is 1.80. The van der Waals surface area contributed by atoms with Crippen molar-refractivity contribution in [3.05, 3.63) is 0 Å². The van der Waals surface area contributed by atoms with Crippen LogP contribution in [0.4, 0.5) is 0 Å². The predicted octanol–water partition coefficient (Wildman–Crippen LogP) is -0.557. The van der Waals surface area contributed by atoms with E-state index in [0.717, 1.165) is 0 Å². The number of carboxylic acids is 1. The van der Waals surface area contributed by atoms with Crippen molar-refractivity contribution in [1.29, 1.82) is 0 Å². The number of carbonyl (C=O) groups is 2. The van der Waals surface area contributed by atoms with Crippen molar-refractivity contribution >= 4 is 11.9 Å². The highest BCUT2D eigenvalue weighted by Gasteiger charge is 2.40. The van der Waals surface area contributed by atoms with Crippen molar-refractivity contribution in [1.82, 2.24) is 4.90 Å². The normalized spacial score (nSPS) is 27.7. The molecule has 0 saturated carbocycles. The molecule has 2 N–H and O–H groups in total. The van der Waals surface area contributed by atoms with E-state index in [9.17, 15) is 14.7 Å². The Balaban J connectivity index is 2.75. The molecule has 0 unspecified atom stereocenters. The van der Waals surface area contributed by atoms with Gasteiger partial charge in [-0.05, 0) is 6.42 Å². The zero-order valence-corrected chi connectivity index (χ0v) is 7.43. The average molecular weight is 187 g/mol. The van der Waals surface area contributed by atoms with Gasteiger partial charge in [0.2, 0.25) is 5.91 Å². The Hall–Kier alpha value is -1.10. The summed E-state index contributed by atoms with van der Waals surface area (Å²) in [5, 5.41) is 18.0. The van der Waals surface area contributed by atoms with Gasteiger partial charge in [0, 0.05) is 13.0 Å². The van der Waals surface area contributed by atoms with Crippen LogP contribution in [0.5, 0.6) is 0 Å². The van der Waals surface area contributed by atoms with Gasteiger partial charge < -0.3 is 15.1 Å². The van der Waals surface area contributed by atoms with E-state index in [1.165, 1.54) is 4.90 Å². The molecule has 0 aromatic carbocycles. The van der Waals surface area contributed by atoms with Crippen LogP contribution in [0.15, 0.2) is 0 Å². The second-order valence-electron chi connectivity index (χ2n) is 3.08. The molecule has 0 radical (unpaired) electrons. The third-order valence-electron chi connectivity index (χ3n) is 2.24. The van der Waals surface area contributed by atoms with E-state index < -0.39 is 18.1 Å². The second-order valence-corrected chi connectivity index (χ2v) is 3.08. The van der Waals surface area contributed by atoms with Gasteiger partial charge in [-0.1, -0.05) is 6.92 Å². The molecule has 0 aromatic heterocycles. The van der Waals surface area contributed by atoms with Gasteiger partial charge in [0.25, 0.3) is 0 Å². The fourth-order valence-corrected chi connectivity index (χ4v) is 1.56. The molecule has 5 nitrogen and oxygen atoms in total. The Labute approximate surface area is 76.0 Å². The Kier molecular flexibility index (Phi) is 2.87. The number of rotatable bonds is 2. The largest absolute Gasteiger partial charge is 0.480 e. The maximum Gasteiger partial charge on any atom is 0.329 e. The number of carbonyl (C=O) groups excluding carboxylic acids is 1. The molecule has 1 rings (SSSR count). The molecule has 0 aromatic rings. The Morgan fingerprint density at radius 3 is 2.62 bits per heavy atom. The molecule has 1 aliphatic rings. The van der Waals surface area contributed by atoms with Crippen molar-refractivity contribution in [3.63, 3.8) is 0 Å². The smallest absolute Gasteiger partial charge is 0.329 e. The Morgan fingerprint density at radius 2 is 2.15 bits per heavy atom. The highest BCUT2D eigenvalue weighted by Crippen LogP contribution is 2.18. The van der Waals surface area contributed by atoms with E-state index in [1.807, 2.05) is 0 Å². The molecule has 13 heavy (non-hydrogen) atoms. The van der Waals surface area contributed by atoms with Gasteiger partial charge in [0.15, 0.2) is 6.04 Å². The molecule has 0 bridgehead atoms. The molecule has 0 spiro atoms. The van der Waals surface area contributed by atoms with Gasteiger partial charge in [0.1, 0.15) is 0 Å². The van der Waals surface area contributed by atoms with Gasteiger partial charge in [-0.15, -0.1) is 0 Å². The lowest BCUT2D eigenvalue weighted by Crippen LogP contribution is -2.44. The summed E-state index contributed by atoms with van der Waals surface area (Å²) in [6.07, 6.45) is -0.299. The van der Waals surface area contributed by atoms with Crippen LogP contribution in [0.3, 0.4) is 0 Å². The van der Waals surface area contributed by atoms with Gasteiger partial charge in [-0.3, -0.25) is 4.79 Å². The first-order valence-corrected chi connectivity index (χ1v) is 4.28. The lowest BCUT2D eigenvalue weighted by molar-refractivity contribution is -0.150. The third-order valence-corrected chi connectivity index (χ3v) is 2.24. The first-order chi connectivity index (χ1) is 6.07. The maximum absolute atomic E-state index is 11.2. The molecule has 0 aliphatic carbocycles. The van der Waals surface area contributed by atoms with Crippen LogP contribution >= 0.6 is 0 Å². The Morgan fingerprint density at radius 1 is 1.54 bits per heavy atom. The summed E-state index contributed by atoms with van der Waals surface area (Å²) in [4.78, 5) is 23.1. The highest BCUT2D eigenvalue weighted by molar-refractivity contribution is 5.84. The van der Waals surface area contributed by atoms with E-state index in [-0.39, 0.29) is 12.3 Å². The van der Waals surface area contributed by atoms with E-state index in [2.05, 4.69) is 0 Å². The van der Waals surface area contributed by atoms with Crippen LogP contribution in [0.1, 0.15) is 19.8 Å². The molecule has 5 heteroatoms. The van der Waals surface area contributed by atoms with E-state index in [0.29, 0.717) is 13.0 Å². The fraction of sp³-hybridized carbons (Fsp3) is 0.750. The van der Waals surface area contributed by atoms with Crippen molar-refractivity contribution in [2.75, 3.05) is 6.54 Å². The quantitative estimate of drug-likeness (QED) is 0.607. The van der Waals surface area contributed by atoms with Gasteiger partial charge in [-0.25, -0.2) is 4.79 Å². The molecule has 1 fully saturated rings. The zero-order valence-electron chi connectivity index (χ0n) is 7.43. The number of aliphatic hydroxyl groups is 1. The summed E-state index contributed by atoms with van der Waals surface area (Å²) in [6, 6.07) is -1.05. The maximum atomic E-state index is 11.2. The first kappa shape index (κ1) is 9.98. The number of amides is 1. The van der Waals surface area contributed by atoms with Gasteiger partial charge in [0.05, 0.1) is 6.10 Å². The van der Waals surface area contributed by atoms with Gasteiger partial charge >= 0.3 is 5.97 Å². The minimum atomic E-state index is -1.13. The highest BCUT2D eigenvalue weighted by atomic mass is 16.4. The van der Waals surface area contributed by atoms with E-state index in [4.69, 9.17) is 5.11 Å². The van der Waals surface area contributed by atoms with E-state index in [1.54, 1.807) is 6.92 Å². The van der Waals surface area contributed by atoms with Crippen molar-refractivity contribution in [2.24, 2.45) is 0 Å². The SMILES string of the molecule is CCC(=O)N1CC[C@H](O)[C@@H]1C(=O)O. The van der Waals surface area contributed by atoms with Crippen LogP contribution < -0.4 is 0 Å². The minimum Gasteiger partial charge on any atom is -0.480 e. The fourth-order valence-electron chi connectivity index (χ4n) is 1.56. The number of likely N-dealkylation sites (tertiary alicyclic amines) is 1. The first-order valence-electron chi connectivity index (χ1n) is 4.28. The topological polar surface area (TPSA) is 77.8 Å². The molecule has 1 heterocycles.